The molecule has 4 rings (SSSR count). The van der Waals surface area contributed by atoms with Crippen LogP contribution in [0, 0.1) is 20.8 Å². The summed E-state index contributed by atoms with van der Waals surface area (Å²) in [5.41, 5.74) is 4.01. The lowest BCUT2D eigenvalue weighted by Gasteiger charge is -2.37. The van der Waals surface area contributed by atoms with E-state index in [-0.39, 0.29) is 30.1 Å². The number of carbonyl (C=O) groups excluding carboxylic acids is 3. The predicted octanol–water partition coefficient (Wildman–Crippen LogP) is 5.51. The highest BCUT2D eigenvalue weighted by Crippen LogP contribution is 2.44. The molecule has 192 valence electrons. The van der Waals surface area contributed by atoms with Gasteiger partial charge in [-0.25, -0.2) is 4.79 Å². The van der Waals surface area contributed by atoms with Crippen LogP contribution in [-0.4, -0.2) is 46.8 Å². The Morgan fingerprint density at radius 2 is 1.83 bits per heavy atom. The van der Waals surface area contributed by atoms with Crippen molar-refractivity contribution in [3.63, 3.8) is 0 Å². The number of carbonyl (C=O) groups is 3. The Hall–Kier alpha value is -3.20. The summed E-state index contributed by atoms with van der Waals surface area (Å²) in [6, 6.07) is 7.40. The highest BCUT2D eigenvalue weighted by molar-refractivity contribution is 8.14. The van der Waals surface area contributed by atoms with E-state index >= 15 is 0 Å². The number of ether oxygens (including phenoxy) is 4. The molecule has 2 aromatic rings. The van der Waals surface area contributed by atoms with Crippen LogP contribution in [0.5, 0.6) is 17.2 Å². The molecule has 2 aliphatic heterocycles. The van der Waals surface area contributed by atoms with Crippen LogP contribution < -0.4 is 14.2 Å². The third-order valence-corrected chi connectivity index (χ3v) is 7.52. The highest BCUT2D eigenvalue weighted by atomic mass is 32.2. The molecule has 0 spiro atoms. The average Bonchev–Trinajstić information content (AvgIpc) is 3.17. The molecule has 1 saturated heterocycles. The summed E-state index contributed by atoms with van der Waals surface area (Å²) < 4.78 is 23.0. The number of rotatable bonds is 7. The van der Waals surface area contributed by atoms with Gasteiger partial charge in [0.25, 0.3) is 5.24 Å². The largest absolute Gasteiger partial charge is 0.513 e. The summed E-state index contributed by atoms with van der Waals surface area (Å²) in [7, 11) is 0. The van der Waals surface area contributed by atoms with Crippen LogP contribution in [0.3, 0.4) is 0 Å². The maximum absolute atomic E-state index is 11.9. The topological polar surface area (TPSA) is 91.4 Å². The Labute approximate surface area is 215 Å². The molecule has 0 bridgehead atoms. The van der Waals surface area contributed by atoms with Gasteiger partial charge in [-0.05, 0) is 81.8 Å². The van der Waals surface area contributed by atoms with Gasteiger partial charge in [-0.2, -0.15) is 0 Å². The van der Waals surface area contributed by atoms with E-state index in [0.717, 1.165) is 58.2 Å². The summed E-state index contributed by atoms with van der Waals surface area (Å²) >= 11 is 1.03. The monoisotopic (exact) mass is 513 g/mol. The fraction of sp³-hybridized carbons (Fsp3) is 0.444. The zero-order valence-electron chi connectivity index (χ0n) is 21.3. The zero-order valence-corrected chi connectivity index (χ0v) is 22.1. The van der Waals surface area contributed by atoms with Gasteiger partial charge in [-0.3, -0.25) is 14.5 Å². The van der Waals surface area contributed by atoms with Crippen LogP contribution in [0.1, 0.15) is 48.1 Å². The van der Waals surface area contributed by atoms with E-state index in [1.165, 1.54) is 4.90 Å². The van der Waals surface area contributed by atoms with Gasteiger partial charge >= 0.3 is 6.16 Å². The van der Waals surface area contributed by atoms with Crippen molar-refractivity contribution in [2.75, 3.05) is 19.0 Å². The van der Waals surface area contributed by atoms with E-state index in [1.807, 2.05) is 52.0 Å². The van der Waals surface area contributed by atoms with Crippen LogP contribution >= 0.6 is 11.8 Å². The lowest BCUT2D eigenvalue weighted by atomic mass is 9.87. The van der Waals surface area contributed by atoms with E-state index in [9.17, 15) is 14.4 Å². The third kappa shape index (κ3) is 5.31. The van der Waals surface area contributed by atoms with Gasteiger partial charge in [-0.15, -0.1) is 0 Å². The van der Waals surface area contributed by atoms with E-state index in [0.29, 0.717) is 18.1 Å². The molecular formula is C27H31NO7S. The maximum Gasteiger partial charge on any atom is 0.513 e. The van der Waals surface area contributed by atoms with Crippen LogP contribution in [0.4, 0.5) is 9.59 Å². The Balaban J connectivity index is 1.43. The average molecular weight is 514 g/mol. The molecule has 1 atom stereocenters. The van der Waals surface area contributed by atoms with Crippen molar-refractivity contribution in [2.45, 2.75) is 59.6 Å². The van der Waals surface area contributed by atoms with Crippen LogP contribution in [-0.2, 0) is 22.5 Å². The normalized spacial score (nSPS) is 19.1. The predicted molar refractivity (Wildman–Crippen MR) is 136 cm³/mol. The van der Waals surface area contributed by atoms with Crippen molar-refractivity contribution in [1.29, 1.82) is 0 Å². The second-order valence-corrected chi connectivity index (χ2v) is 10.2. The first-order valence-corrected chi connectivity index (χ1v) is 13.0. The van der Waals surface area contributed by atoms with Crippen LogP contribution in [0.2, 0.25) is 0 Å². The lowest BCUT2D eigenvalue weighted by Crippen LogP contribution is -2.42. The molecule has 2 heterocycles. The van der Waals surface area contributed by atoms with Crippen molar-refractivity contribution in [1.82, 2.24) is 4.90 Å². The standard InChI is InChI=1S/C27H31NO7S/c1-6-32-26(31)34-23-16(2)17(3)24-21(18(23)4)11-12-27(5,35-24)15-33-20-9-7-19(8-10-20)13-28-22(29)14-36-25(28)30/h7-10H,6,11-15H2,1-5H3. The van der Waals surface area contributed by atoms with Crippen molar-refractivity contribution >= 4 is 29.1 Å². The first-order valence-electron chi connectivity index (χ1n) is 12.0. The molecule has 36 heavy (non-hydrogen) atoms. The molecule has 0 N–H and O–H groups in total. The number of hydrogen-bond acceptors (Lipinski definition) is 8. The SMILES string of the molecule is CCOC(=O)Oc1c(C)c(C)c2c(c1C)CCC(C)(COc1ccc(CN3C(=O)CSC3=O)cc1)O2. The number of hydrogen-bond donors (Lipinski definition) is 0. The number of fused-ring (bicyclic) bond motifs is 1. The summed E-state index contributed by atoms with van der Waals surface area (Å²) in [4.78, 5) is 36.8. The molecule has 9 heteroatoms. The molecule has 0 saturated carbocycles. The van der Waals surface area contributed by atoms with Gasteiger partial charge in [0.15, 0.2) is 0 Å². The van der Waals surface area contributed by atoms with Crippen LogP contribution in [0.15, 0.2) is 24.3 Å². The number of nitrogens with zero attached hydrogens (tertiary/aromatic N) is 1. The Kier molecular flexibility index (Phi) is 7.49. The van der Waals surface area contributed by atoms with Gasteiger partial charge in [0.1, 0.15) is 29.5 Å². The maximum atomic E-state index is 11.9. The minimum atomic E-state index is -0.707. The van der Waals surface area contributed by atoms with E-state index in [4.69, 9.17) is 18.9 Å². The summed E-state index contributed by atoms with van der Waals surface area (Å²) in [6.07, 6.45) is 0.786. The van der Waals surface area contributed by atoms with Gasteiger partial charge in [-0.1, -0.05) is 23.9 Å². The quantitative estimate of drug-likeness (QED) is 0.354. The molecular weight excluding hydrogens is 482 g/mol. The van der Waals surface area contributed by atoms with Gasteiger partial charge in [0.05, 0.1) is 18.9 Å². The smallest absolute Gasteiger partial charge is 0.489 e. The third-order valence-electron chi connectivity index (χ3n) is 6.66. The molecule has 2 aromatic carbocycles. The summed E-state index contributed by atoms with van der Waals surface area (Å²) in [5, 5.41) is -0.205. The number of thioether (sulfide) groups is 1. The lowest BCUT2D eigenvalue weighted by molar-refractivity contribution is -0.125. The Morgan fingerprint density at radius 3 is 2.47 bits per heavy atom. The fourth-order valence-corrected chi connectivity index (χ4v) is 5.14. The van der Waals surface area contributed by atoms with Gasteiger partial charge < -0.3 is 18.9 Å². The van der Waals surface area contributed by atoms with Crippen molar-refractivity contribution in [3.8, 4) is 17.2 Å². The number of imide groups is 1. The molecule has 2 aliphatic rings. The van der Waals surface area contributed by atoms with E-state index < -0.39 is 11.8 Å². The minimum Gasteiger partial charge on any atom is -0.489 e. The van der Waals surface area contributed by atoms with E-state index in [1.54, 1.807) is 6.92 Å². The van der Waals surface area contributed by atoms with Crippen molar-refractivity contribution in [2.24, 2.45) is 0 Å². The van der Waals surface area contributed by atoms with Crippen molar-refractivity contribution < 1.29 is 33.3 Å². The molecule has 0 aliphatic carbocycles. The molecule has 2 amide bonds. The van der Waals surface area contributed by atoms with Crippen molar-refractivity contribution in [3.05, 3.63) is 52.1 Å². The first kappa shape index (κ1) is 25.9. The first-order chi connectivity index (χ1) is 17.1. The van der Waals surface area contributed by atoms with Gasteiger partial charge in [0, 0.05) is 5.56 Å². The molecule has 0 radical (unpaired) electrons. The Morgan fingerprint density at radius 1 is 1.11 bits per heavy atom. The number of benzene rings is 2. The molecule has 0 aromatic heterocycles. The Bertz CT molecular complexity index is 1180. The molecule has 1 fully saturated rings. The summed E-state index contributed by atoms with van der Waals surface area (Å²) in [5.74, 6) is 2.08. The van der Waals surface area contributed by atoms with E-state index in [2.05, 4.69) is 0 Å². The highest BCUT2D eigenvalue weighted by Gasteiger charge is 2.36. The number of amides is 2. The van der Waals surface area contributed by atoms with Gasteiger partial charge in [0.2, 0.25) is 5.91 Å². The summed E-state index contributed by atoms with van der Waals surface area (Å²) in [6.45, 7) is 10.4. The second kappa shape index (κ2) is 10.4. The fourth-order valence-electron chi connectivity index (χ4n) is 4.41. The molecule has 1 unspecified atom stereocenters. The minimum absolute atomic E-state index is 0.159. The second-order valence-electron chi connectivity index (χ2n) is 9.32. The zero-order chi connectivity index (χ0) is 26.0. The van der Waals surface area contributed by atoms with Crippen LogP contribution in [0.25, 0.3) is 0 Å². The molecule has 8 nitrogen and oxygen atoms in total.